The molecule has 0 unspecified atom stereocenters. The van der Waals surface area contributed by atoms with Crippen LogP contribution in [0.25, 0.3) is 0 Å². The number of rotatable bonds is 4. The second-order valence-electron chi connectivity index (χ2n) is 3.18. The quantitative estimate of drug-likeness (QED) is 0.624. The van der Waals surface area contributed by atoms with Gasteiger partial charge in [0, 0.05) is 6.08 Å². The van der Waals surface area contributed by atoms with Crippen LogP contribution in [0.3, 0.4) is 0 Å². The summed E-state index contributed by atoms with van der Waals surface area (Å²) in [6.07, 6.45) is 1.09. The van der Waals surface area contributed by atoms with Crippen LogP contribution in [0.15, 0.2) is 36.9 Å². The molecule has 0 bridgehead atoms. The van der Waals surface area contributed by atoms with Crippen LogP contribution in [0.5, 0.6) is 5.75 Å². The van der Waals surface area contributed by atoms with E-state index in [1.165, 1.54) is 0 Å². The summed E-state index contributed by atoms with van der Waals surface area (Å²) in [6, 6.07) is 7.01. The zero-order chi connectivity index (χ0) is 12.7. The van der Waals surface area contributed by atoms with Crippen molar-refractivity contribution in [1.29, 1.82) is 0 Å². The second-order valence-corrected chi connectivity index (χ2v) is 3.18. The van der Waals surface area contributed by atoms with Gasteiger partial charge in [0.1, 0.15) is 5.75 Å². The minimum Gasteiger partial charge on any atom is -0.497 e. The maximum absolute atomic E-state index is 11.3. The van der Waals surface area contributed by atoms with Crippen LogP contribution in [-0.2, 0) is 20.8 Å². The number of ether oxygens (including phenoxy) is 1. The molecule has 0 saturated heterocycles. The van der Waals surface area contributed by atoms with Crippen LogP contribution in [-0.4, -0.2) is 19.0 Å². The van der Waals surface area contributed by atoms with Gasteiger partial charge in [-0.15, -0.1) is 0 Å². The Bertz CT molecular complexity index is 411. The highest BCUT2D eigenvalue weighted by atomic mass is 16.7. The fourth-order valence-corrected chi connectivity index (χ4v) is 1.11. The molecule has 0 atom stereocenters. The van der Waals surface area contributed by atoms with Crippen molar-refractivity contribution in [2.24, 2.45) is 0 Å². The van der Waals surface area contributed by atoms with Gasteiger partial charge < -0.3 is 9.57 Å². The van der Waals surface area contributed by atoms with E-state index in [0.29, 0.717) is 5.75 Å². The fraction of sp³-hybridized carbons (Fsp3) is 0.167. The molecule has 0 saturated carbocycles. The van der Waals surface area contributed by atoms with Gasteiger partial charge in [-0.25, -0.2) is 4.79 Å². The Morgan fingerprint density at radius 3 is 2.53 bits per heavy atom. The molecule has 1 aromatic carbocycles. The summed E-state index contributed by atoms with van der Waals surface area (Å²) in [5.74, 6) is -0.398. The SMILES string of the molecule is C=CC(=O)ONC(=O)Cc1ccc(OC)cc1. The summed E-state index contributed by atoms with van der Waals surface area (Å²) in [7, 11) is 1.57. The molecule has 5 heteroatoms. The predicted octanol–water partition coefficient (Wildman–Crippen LogP) is 0.998. The molecule has 0 heterocycles. The van der Waals surface area contributed by atoms with E-state index in [1.54, 1.807) is 31.4 Å². The van der Waals surface area contributed by atoms with Gasteiger partial charge in [0.25, 0.3) is 5.91 Å². The van der Waals surface area contributed by atoms with Crippen molar-refractivity contribution in [2.75, 3.05) is 7.11 Å². The third-order valence-electron chi connectivity index (χ3n) is 1.96. The van der Waals surface area contributed by atoms with E-state index in [0.717, 1.165) is 11.6 Å². The van der Waals surface area contributed by atoms with E-state index in [9.17, 15) is 9.59 Å². The lowest BCUT2D eigenvalue weighted by Crippen LogP contribution is -2.27. The minimum absolute atomic E-state index is 0.119. The normalized spacial score (nSPS) is 9.24. The number of methoxy groups -OCH3 is 1. The largest absolute Gasteiger partial charge is 0.497 e. The first-order valence-corrected chi connectivity index (χ1v) is 4.90. The number of hydrogen-bond donors (Lipinski definition) is 1. The van der Waals surface area contributed by atoms with Crippen LogP contribution >= 0.6 is 0 Å². The highest BCUT2D eigenvalue weighted by Gasteiger charge is 2.05. The highest BCUT2D eigenvalue weighted by molar-refractivity contribution is 5.84. The van der Waals surface area contributed by atoms with Crippen molar-refractivity contribution in [2.45, 2.75) is 6.42 Å². The molecule has 0 aliphatic heterocycles. The van der Waals surface area contributed by atoms with Crippen LogP contribution in [0, 0.1) is 0 Å². The lowest BCUT2D eigenvalue weighted by Gasteiger charge is -2.04. The van der Waals surface area contributed by atoms with Crippen LogP contribution < -0.4 is 10.2 Å². The molecule has 0 aliphatic carbocycles. The molecular weight excluding hydrogens is 222 g/mol. The van der Waals surface area contributed by atoms with E-state index >= 15 is 0 Å². The summed E-state index contributed by atoms with van der Waals surface area (Å²) in [4.78, 5) is 26.4. The molecule has 1 aromatic rings. The Hall–Kier alpha value is -2.30. The Morgan fingerprint density at radius 1 is 1.35 bits per heavy atom. The topological polar surface area (TPSA) is 64.6 Å². The molecule has 0 radical (unpaired) electrons. The number of benzene rings is 1. The number of carbonyl (C=O) groups excluding carboxylic acids is 2. The summed E-state index contributed by atoms with van der Waals surface area (Å²) >= 11 is 0. The molecule has 0 aromatic heterocycles. The highest BCUT2D eigenvalue weighted by Crippen LogP contribution is 2.11. The van der Waals surface area contributed by atoms with Crippen LogP contribution in [0.1, 0.15) is 5.56 Å². The molecular formula is C12H13NO4. The smallest absolute Gasteiger partial charge is 0.355 e. The lowest BCUT2D eigenvalue weighted by molar-refractivity contribution is -0.153. The summed E-state index contributed by atoms with van der Waals surface area (Å²) < 4.78 is 4.99. The van der Waals surface area contributed by atoms with Crippen molar-refractivity contribution in [3.8, 4) is 5.75 Å². The lowest BCUT2D eigenvalue weighted by atomic mass is 10.1. The van der Waals surface area contributed by atoms with E-state index in [4.69, 9.17) is 4.74 Å². The molecule has 1 amide bonds. The number of amides is 1. The first-order valence-electron chi connectivity index (χ1n) is 4.90. The first kappa shape index (κ1) is 12.8. The minimum atomic E-state index is -0.701. The zero-order valence-electron chi connectivity index (χ0n) is 9.43. The van der Waals surface area contributed by atoms with E-state index in [1.807, 2.05) is 5.48 Å². The third-order valence-corrected chi connectivity index (χ3v) is 1.96. The number of nitrogens with one attached hydrogen (secondary N) is 1. The van der Waals surface area contributed by atoms with E-state index in [2.05, 4.69) is 11.4 Å². The number of hydrogen-bond acceptors (Lipinski definition) is 4. The zero-order valence-corrected chi connectivity index (χ0v) is 9.43. The molecule has 17 heavy (non-hydrogen) atoms. The van der Waals surface area contributed by atoms with Crippen molar-refractivity contribution >= 4 is 11.9 Å². The Morgan fingerprint density at radius 2 is 2.00 bits per heavy atom. The van der Waals surface area contributed by atoms with Gasteiger partial charge in [-0.3, -0.25) is 4.79 Å². The van der Waals surface area contributed by atoms with Crippen molar-refractivity contribution < 1.29 is 19.2 Å². The Kier molecular flexibility index (Phi) is 4.75. The average Bonchev–Trinajstić information content (AvgIpc) is 2.36. The maximum atomic E-state index is 11.3. The summed E-state index contributed by atoms with van der Waals surface area (Å²) in [5.41, 5.74) is 2.81. The van der Waals surface area contributed by atoms with Gasteiger partial charge in [-0.2, -0.15) is 5.48 Å². The molecule has 0 fully saturated rings. The van der Waals surface area contributed by atoms with Crippen molar-refractivity contribution in [3.05, 3.63) is 42.5 Å². The monoisotopic (exact) mass is 235 g/mol. The second kappa shape index (κ2) is 6.32. The Balaban J connectivity index is 2.44. The van der Waals surface area contributed by atoms with E-state index < -0.39 is 11.9 Å². The predicted molar refractivity (Wildman–Crippen MR) is 61.1 cm³/mol. The maximum Gasteiger partial charge on any atom is 0.355 e. The number of carbonyl (C=O) groups is 2. The molecule has 5 nitrogen and oxygen atoms in total. The molecule has 1 N–H and O–H groups in total. The van der Waals surface area contributed by atoms with Gasteiger partial charge in [-0.05, 0) is 17.7 Å². The fourth-order valence-electron chi connectivity index (χ4n) is 1.11. The molecule has 90 valence electrons. The molecule has 0 aliphatic rings. The number of hydroxylamine groups is 1. The van der Waals surface area contributed by atoms with Gasteiger partial charge in [0.15, 0.2) is 0 Å². The van der Waals surface area contributed by atoms with Crippen LogP contribution in [0.2, 0.25) is 0 Å². The van der Waals surface area contributed by atoms with Gasteiger partial charge in [-0.1, -0.05) is 18.7 Å². The average molecular weight is 235 g/mol. The standard InChI is InChI=1S/C12H13NO4/c1-3-12(15)17-13-11(14)8-9-4-6-10(16-2)7-5-9/h3-7H,1,8H2,2H3,(H,13,14). The van der Waals surface area contributed by atoms with E-state index in [-0.39, 0.29) is 6.42 Å². The summed E-state index contributed by atoms with van der Waals surface area (Å²) in [6.45, 7) is 3.20. The third kappa shape index (κ3) is 4.38. The van der Waals surface area contributed by atoms with Crippen LogP contribution in [0.4, 0.5) is 0 Å². The molecule has 1 rings (SSSR count). The summed E-state index contributed by atoms with van der Waals surface area (Å²) in [5, 5.41) is 0. The molecule has 0 spiro atoms. The van der Waals surface area contributed by atoms with Gasteiger partial charge in [0.2, 0.25) is 0 Å². The van der Waals surface area contributed by atoms with Crippen molar-refractivity contribution in [1.82, 2.24) is 5.48 Å². The van der Waals surface area contributed by atoms with Gasteiger partial charge >= 0.3 is 5.97 Å². The Labute approximate surface area is 99.0 Å². The van der Waals surface area contributed by atoms with Gasteiger partial charge in [0.05, 0.1) is 13.5 Å². The first-order chi connectivity index (χ1) is 8.15. The van der Waals surface area contributed by atoms with Crippen molar-refractivity contribution in [3.63, 3.8) is 0 Å².